The fourth-order valence-corrected chi connectivity index (χ4v) is 10.0. The minimum Gasteiger partial charge on any atom is -0.508 e. The number of aromatic hydroxyl groups is 2. The van der Waals surface area contributed by atoms with E-state index in [1.807, 2.05) is 52.0 Å². The third-order valence-corrected chi connectivity index (χ3v) is 13.9. The molecular weight excluding hydrogens is 949 g/mol. The highest BCUT2D eigenvalue weighted by molar-refractivity contribution is 7.22. The van der Waals surface area contributed by atoms with Crippen molar-refractivity contribution in [1.29, 1.82) is 0 Å². The SMILES string of the molecule is Cc1ncsc1-c1ccc(CNC(=O)[C@@H]2C[C@@H](O)CN2C(=O)C(NC(=O)COCCOCCOCCOCCOc2ccc(C(=O)c3c(-c4ccc(O)cc4)sc4cc(O)ccc34)cc2)C(C)(C)C)cc1. The molecule has 71 heavy (non-hydrogen) atoms. The van der Waals surface area contributed by atoms with Gasteiger partial charge < -0.3 is 54.5 Å². The van der Waals surface area contributed by atoms with Gasteiger partial charge >= 0.3 is 0 Å². The Kier molecular flexibility index (Phi) is 18.3. The van der Waals surface area contributed by atoms with E-state index < -0.39 is 35.4 Å². The van der Waals surface area contributed by atoms with Crippen molar-refractivity contribution in [2.75, 3.05) is 66.0 Å². The number of aliphatic hydroxyl groups is 1. The number of benzene rings is 4. The molecule has 1 saturated heterocycles. The van der Waals surface area contributed by atoms with Gasteiger partial charge in [0.1, 0.15) is 42.5 Å². The lowest BCUT2D eigenvalue weighted by Gasteiger charge is -2.35. The first-order valence-corrected chi connectivity index (χ1v) is 25.0. The normalized spacial score (nSPS) is 15.2. The maximum atomic E-state index is 13.9. The van der Waals surface area contributed by atoms with Crippen LogP contribution in [0.5, 0.6) is 17.2 Å². The Bertz CT molecular complexity index is 2740. The van der Waals surface area contributed by atoms with E-state index in [0.717, 1.165) is 42.2 Å². The topological polar surface area (TPSA) is 215 Å². The monoisotopic (exact) mass is 1010 g/mol. The van der Waals surface area contributed by atoms with Crippen LogP contribution in [0.4, 0.5) is 0 Å². The molecule has 3 amide bonds. The molecule has 0 bridgehead atoms. The van der Waals surface area contributed by atoms with Gasteiger partial charge in [-0.05, 0) is 95.8 Å². The van der Waals surface area contributed by atoms with Crippen molar-refractivity contribution in [2.45, 2.75) is 58.8 Å². The van der Waals surface area contributed by atoms with Crippen molar-refractivity contribution in [1.82, 2.24) is 20.5 Å². The maximum absolute atomic E-state index is 13.9. The van der Waals surface area contributed by atoms with Crippen LogP contribution in [0.2, 0.25) is 0 Å². The zero-order valence-corrected chi connectivity index (χ0v) is 41.8. The lowest BCUT2D eigenvalue weighted by molar-refractivity contribution is -0.144. The Morgan fingerprint density at radius 1 is 0.775 bits per heavy atom. The number of hydrogen-bond acceptors (Lipinski definition) is 15. The van der Waals surface area contributed by atoms with Crippen LogP contribution in [0.15, 0.2) is 96.5 Å². The molecule has 6 aromatic rings. The number of likely N-dealkylation sites (tertiary alicyclic amines) is 1. The standard InChI is InChI=1S/C53H60N4O12S2/c1-33-48(70-32-55-33)36-7-5-34(6-8-36)29-54-51(63)43-27-40(60)30-57(43)52(64)50(53(2,3)4)56-45(61)31-68-24-23-66-20-19-65-21-22-67-25-26-69-41-16-11-35(12-17-41)47(62)46-42-18-15-39(59)28-44(42)71-49(46)37-9-13-38(58)14-10-37/h5-18,28,32,40,43,50,58-60H,19-27,29-31H2,1-4H3,(H,54,63)(H,56,61)/t40-,43+,50?/m1/s1. The molecule has 3 atom stereocenters. The number of phenolic OH excluding ortho intramolecular Hbond substituents is 2. The number of ketones is 1. The molecule has 376 valence electrons. The van der Waals surface area contributed by atoms with Gasteiger partial charge in [0.05, 0.1) is 68.4 Å². The first-order chi connectivity index (χ1) is 34.2. The van der Waals surface area contributed by atoms with Gasteiger partial charge in [-0.1, -0.05) is 45.0 Å². The summed E-state index contributed by atoms with van der Waals surface area (Å²) in [4.78, 5) is 61.7. The first-order valence-electron chi connectivity index (χ1n) is 23.3. The van der Waals surface area contributed by atoms with Crippen molar-refractivity contribution in [3.63, 3.8) is 0 Å². The number of aryl methyl sites for hydroxylation is 1. The van der Waals surface area contributed by atoms with Crippen LogP contribution in [0.25, 0.3) is 31.0 Å². The van der Waals surface area contributed by atoms with Crippen molar-refractivity contribution in [2.24, 2.45) is 5.41 Å². The van der Waals surface area contributed by atoms with E-state index in [1.165, 1.54) is 16.2 Å². The van der Waals surface area contributed by atoms with Crippen LogP contribution in [0.1, 0.15) is 54.4 Å². The van der Waals surface area contributed by atoms with Crippen LogP contribution in [-0.4, -0.2) is 133 Å². The highest BCUT2D eigenvalue weighted by atomic mass is 32.1. The fourth-order valence-electron chi connectivity index (χ4n) is 8.00. The molecule has 18 heteroatoms. The Morgan fingerprint density at radius 2 is 1.38 bits per heavy atom. The average molecular weight is 1010 g/mol. The zero-order valence-electron chi connectivity index (χ0n) is 40.2. The molecule has 16 nitrogen and oxygen atoms in total. The second-order valence-electron chi connectivity index (χ2n) is 18.1. The molecular formula is C53H60N4O12S2. The number of β-amino-alcohol motifs (C(OH)–C–C–N with tert-alkyl or cyclic N) is 1. The summed E-state index contributed by atoms with van der Waals surface area (Å²) in [6, 6.07) is 24.5. The van der Waals surface area contributed by atoms with Crippen LogP contribution in [-0.2, 0) is 39.9 Å². The Morgan fingerprint density at radius 3 is 2.01 bits per heavy atom. The summed E-state index contributed by atoms with van der Waals surface area (Å²) in [5.41, 5.74) is 5.78. The van der Waals surface area contributed by atoms with Gasteiger partial charge in [-0.3, -0.25) is 19.2 Å². The number of carbonyl (C=O) groups is 4. The average Bonchev–Trinajstić information content (AvgIpc) is 4.08. The molecule has 4 aromatic carbocycles. The van der Waals surface area contributed by atoms with Crippen LogP contribution >= 0.6 is 22.7 Å². The highest BCUT2D eigenvalue weighted by Crippen LogP contribution is 2.41. The summed E-state index contributed by atoms with van der Waals surface area (Å²) in [6.07, 6.45) is -0.793. The molecule has 0 aliphatic carbocycles. The molecule has 1 unspecified atom stereocenters. The number of nitrogens with zero attached hydrogens (tertiary/aromatic N) is 2. The van der Waals surface area contributed by atoms with Crippen molar-refractivity contribution < 1.29 is 58.2 Å². The quantitative estimate of drug-likeness (QED) is 0.0309. The van der Waals surface area contributed by atoms with Crippen LogP contribution in [0.3, 0.4) is 0 Å². The number of phenols is 2. The van der Waals surface area contributed by atoms with Gasteiger partial charge in [0.15, 0.2) is 5.78 Å². The van der Waals surface area contributed by atoms with Crippen molar-refractivity contribution in [3.05, 3.63) is 119 Å². The van der Waals surface area contributed by atoms with Gasteiger partial charge in [-0.2, -0.15) is 0 Å². The summed E-state index contributed by atoms with van der Waals surface area (Å²) in [7, 11) is 0. The van der Waals surface area contributed by atoms with E-state index in [0.29, 0.717) is 56.5 Å². The van der Waals surface area contributed by atoms with E-state index in [-0.39, 0.29) is 62.5 Å². The van der Waals surface area contributed by atoms with Gasteiger partial charge in [0, 0.05) is 45.6 Å². The molecule has 1 aliphatic rings. The lowest BCUT2D eigenvalue weighted by atomic mass is 9.85. The number of thiazole rings is 1. The first kappa shape index (κ1) is 52.6. The van der Waals surface area contributed by atoms with E-state index >= 15 is 0 Å². The van der Waals surface area contributed by atoms with Gasteiger partial charge in [0.25, 0.3) is 0 Å². The number of thiophene rings is 1. The van der Waals surface area contributed by atoms with E-state index in [4.69, 9.17) is 23.7 Å². The number of hydrogen-bond donors (Lipinski definition) is 5. The summed E-state index contributed by atoms with van der Waals surface area (Å²) in [5.74, 6) is -0.680. The largest absolute Gasteiger partial charge is 0.508 e. The second kappa shape index (κ2) is 24.7. The van der Waals surface area contributed by atoms with Crippen molar-refractivity contribution >= 4 is 56.3 Å². The summed E-state index contributed by atoms with van der Waals surface area (Å²) in [5, 5.41) is 36.8. The van der Waals surface area contributed by atoms with Crippen LogP contribution < -0.4 is 15.4 Å². The molecule has 1 fully saturated rings. The van der Waals surface area contributed by atoms with Gasteiger partial charge in [0.2, 0.25) is 17.7 Å². The molecule has 1 aliphatic heterocycles. The fraction of sp³-hybridized carbons (Fsp3) is 0.377. The van der Waals surface area contributed by atoms with E-state index in [9.17, 15) is 34.5 Å². The number of nitrogens with one attached hydrogen (secondary N) is 2. The Labute approximate surface area is 420 Å². The number of aliphatic hydroxyl groups excluding tert-OH is 1. The van der Waals surface area contributed by atoms with E-state index in [1.54, 1.807) is 83.6 Å². The summed E-state index contributed by atoms with van der Waals surface area (Å²) < 4.78 is 28.9. The minimum absolute atomic E-state index is 0.0264. The number of ether oxygens (including phenoxy) is 5. The number of fused-ring (bicyclic) bond motifs is 1. The molecule has 0 radical (unpaired) electrons. The van der Waals surface area contributed by atoms with Gasteiger partial charge in [-0.15, -0.1) is 22.7 Å². The molecule has 0 spiro atoms. The maximum Gasteiger partial charge on any atom is 0.246 e. The number of amides is 3. The predicted molar refractivity (Wildman–Crippen MR) is 271 cm³/mol. The predicted octanol–water partition coefficient (Wildman–Crippen LogP) is 6.90. The molecule has 7 rings (SSSR count). The lowest BCUT2D eigenvalue weighted by Crippen LogP contribution is -2.58. The van der Waals surface area contributed by atoms with E-state index in [2.05, 4.69) is 15.6 Å². The Balaban J connectivity index is 0.739. The second-order valence-corrected chi connectivity index (χ2v) is 20.0. The number of rotatable bonds is 24. The third kappa shape index (κ3) is 14.2. The summed E-state index contributed by atoms with van der Waals surface area (Å²) in [6.45, 7) is 9.63. The molecule has 2 aromatic heterocycles. The minimum atomic E-state index is -0.977. The number of aromatic nitrogens is 1. The third-order valence-electron chi connectivity index (χ3n) is 11.7. The smallest absolute Gasteiger partial charge is 0.246 e. The van der Waals surface area contributed by atoms with Gasteiger partial charge in [-0.25, -0.2) is 4.98 Å². The zero-order chi connectivity index (χ0) is 50.5. The van der Waals surface area contributed by atoms with Crippen LogP contribution in [0, 0.1) is 12.3 Å². The Hall–Kier alpha value is -6.25. The molecule has 3 heterocycles. The van der Waals surface area contributed by atoms with Crippen molar-refractivity contribution in [3.8, 4) is 38.1 Å². The number of carbonyl (C=O) groups excluding carboxylic acids is 4. The summed E-state index contributed by atoms with van der Waals surface area (Å²) >= 11 is 2.97. The molecule has 5 N–H and O–H groups in total. The molecule has 0 saturated carbocycles. The highest BCUT2D eigenvalue weighted by Gasteiger charge is 2.44.